The molecule has 0 spiro atoms. The average molecular weight is 617 g/mol. The summed E-state index contributed by atoms with van der Waals surface area (Å²) in [5.74, 6) is 0. The summed E-state index contributed by atoms with van der Waals surface area (Å²) in [6, 6.07) is 31.7. The molecule has 0 aliphatic heterocycles. The Balaban J connectivity index is 0.991. The Labute approximate surface area is 281 Å². The van der Waals surface area contributed by atoms with E-state index >= 15 is 0 Å². The third-order valence-corrected chi connectivity index (χ3v) is 9.50. The van der Waals surface area contributed by atoms with Crippen LogP contribution in [-0.2, 0) is 38.5 Å². The van der Waals surface area contributed by atoms with Gasteiger partial charge in [-0.3, -0.25) is 0 Å². The largest absolute Gasteiger partial charge is 0.399 e. The smallest absolute Gasteiger partial charge is 0.0346 e. The van der Waals surface area contributed by atoms with Crippen LogP contribution < -0.4 is 11.5 Å². The molecule has 4 rings (SSSR count). The van der Waals surface area contributed by atoms with Gasteiger partial charge in [-0.15, -0.1) is 0 Å². The molecule has 2 nitrogen and oxygen atoms in total. The molecule has 0 saturated carbocycles. The Bertz CT molecular complexity index is 1310. The lowest BCUT2D eigenvalue weighted by atomic mass is 9.98. The highest BCUT2D eigenvalue weighted by Gasteiger charge is 2.05. The highest BCUT2D eigenvalue weighted by molar-refractivity contribution is 5.50. The van der Waals surface area contributed by atoms with Crippen molar-refractivity contribution in [3.63, 3.8) is 0 Å². The van der Waals surface area contributed by atoms with Gasteiger partial charge in [-0.1, -0.05) is 151 Å². The summed E-state index contributed by atoms with van der Waals surface area (Å²) >= 11 is 0. The van der Waals surface area contributed by atoms with E-state index in [1.807, 2.05) is 0 Å². The third kappa shape index (κ3) is 12.3. The van der Waals surface area contributed by atoms with E-state index in [0.29, 0.717) is 0 Å². The molecule has 0 amide bonds. The summed E-state index contributed by atoms with van der Waals surface area (Å²) in [6.45, 7) is 4.42. The minimum Gasteiger partial charge on any atom is -0.399 e. The van der Waals surface area contributed by atoms with Gasteiger partial charge in [-0.25, -0.2) is 0 Å². The first-order chi connectivity index (χ1) is 22.5. The van der Waals surface area contributed by atoms with Crippen LogP contribution in [0.1, 0.15) is 135 Å². The van der Waals surface area contributed by atoms with E-state index in [1.54, 1.807) is 0 Å². The maximum absolute atomic E-state index is 6.15. The van der Waals surface area contributed by atoms with Crippen LogP contribution in [-0.4, -0.2) is 0 Å². The lowest BCUT2D eigenvalue weighted by molar-refractivity contribution is 0.551. The molecule has 0 unspecified atom stereocenters. The first-order valence-corrected chi connectivity index (χ1v) is 18.4. The number of aryl methyl sites for hydroxylation is 4. The fourth-order valence-corrected chi connectivity index (χ4v) is 6.70. The van der Waals surface area contributed by atoms with Gasteiger partial charge >= 0.3 is 0 Å². The summed E-state index contributed by atoms with van der Waals surface area (Å²) in [6.07, 6.45) is 22.4. The number of unbranched alkanes of at least 4 members (excludes halogenated alkanes) is 9. The van der Waals surface area contributed by atoms with E-state index in [0.717, 1.165) is 49.9 Å². The van der Waals surface area contributed by atoms with Crippen molar-refractivity contribution in [2.45, 2.75) is 129 Å². The van der Waals surface area contributed by atoms with Gasteiger partial charge in [0.15, 0.2) is 0 Å². The van der Waals surface area contributed by atoms with Crippen LogP contribution in [0.4, 0.5) is 11.4 Å². The van der Waals surface area contributed by atoms with Crippen molar-refractivity contribution in [2.75, 3.05) is 11.5 Å². The molecule has 0 aliphatic carbocycles. The van der Waals surface area contributed by atoms with Gasteiger partial charge in [0.2, 0.25) is 0 Å². The molecule has 0 aliphatic rings. The molecule has 4 aromatic carbocycles. The predicted molar refractivity (Wildman–Crippen MR) is 202 cm³/mol. The SMILES string of the molecule is CCCc1cc(Cc2ccc(CCCCCCCCCCCCc3ccc(Cc4ccc(N)c(CCC)c4)cc3)cc2)ccc1N. The second-order valence-electron chi connectivity index (χ2n) is 13.6. The number of hydrogen-bond acceptors (Lipinski definition) is 2. The monoisotopic (exact) mass is 616 g/mol. The molecule has 0 fully saturated rings. The summed E-state index contributed by atoms with van der Waals surface area (Å²) in [5, 5.41) is 0. The highest BCUT2D eigenvalue weighted by Crippen LogP contribution is 2.21. The number of hydrogen-bond donors (Lipinski definition) is 2. The van der Waals surface area contributed by atoms with Crippen molar-refractivity contribution in [3.05, 3.63) is 129 Å². The van der Waals surface area contributed by atoms with Crippen molar-refractivity contribution < 1.29 is 0 Å². The number of anilines is 2. The Morgan fingerprint density at radius 1 is 0.348 bits per heavy atom. The summed E-state index contributed by atoms with van der Waals surface area (Å²) in [4.78, 5) is 0. The second-order valence-corrected chi connectivity index (χ2v) is 13.6. The van der Waals surface area contributed by atoms with Gasteiger partial charge in [-0.2, -0.15) is 0 Å². The molecule has 4 aromatic rings. The third-order valence-electron chi connectivity index (χ3n) is 9.50. The van der Waals surface area contributed by atoms with Gasteiger partial charge in [0, 0.05) is 11.4 Å². The molecule has 4 N–H and O–H groups in total. The topological polar surface area (TPSA) is 52.0 Å². The van der Waals surface area contributed by atoms with Crippen LogP contribution in [0.25, 0.3) is 0 Å². The number of nitrogens with two attached hydrogens (primary N) is 2. The van der Waals surface area contributed by atoms with Crippen molar-refractivity contribution in [1.82, 2.24) is 0 Å². The number of benzene rings is 4. The fraction of sp³-hybridized carbons (Fsp3) is 0.455. The van der Waals surface area contributed by atoms with Crippen LogP contribution in [0.3, 0.4) is 0 Å². The fourth-order valence-electron chi connectivity index (χ4n) is 6.70. The quantitative estimate of drug-likeness (QED) is 0.0723. The molecule has 0 radical (unpaired) electrons. The van der Waals surface area contributed by atoms with Crippen molar-refractivity contribution in [2.24, 2.45) is 0 Å². The molecule has 46 heavy (non-hydrogen) atoms. The minimum atomic E-state index is 0.928. The van der Waals surface area contributed by atoms with Crippen LogP contribution in [0.2, 0.25) is 0 Å². The summed E-state index contributed by atoms with van der Waals surface area (Å²) in [5.41, 5.74) is 25.2. The van der Waals surface area contributed by atoms with E-state index in [-0.39, 0.29) is 0 Å². The maximum atomic E-state index is 6.15. The van der Waals surface area contributed by atoms with Gasteiger partial charge < -0.3 is 11.5 Å². The molecule has 246 valence electrons. The first-order valence-electron chi connectivity index (χ1n) is 18.4. The zero-order valence-electron chi connectivity index (χ0n) is 29.0. The lowest BCUT2D eigenvalue weighted by Gasteiger charge is -2.09. The van der Waals surface area contributed by atoms with Crippen LogP contribution in [0, 0.1) is 0 Å². The summed E-state index contributed by atoms with van der Waals surface area (Å²) < 4.78 is 0. The Morgan fingerprint density at radius 2 is 0.652 bits per heavy atom. The first kappa shape index (κ1) is 35.3. The minimum absolute atomic E-state index is 0.928. The zero-order chi connectivity index (χ0) is 32.4. The molecule has 0 heterocycles. The van der Waals surface area contributed by atoms with Gasteiger partial charge in [0.25, 0.3) is 0 Å². The van der Waals surface area contributed by atoms with E-state index in [4.69, 9.17) is 11.5 Å². The standard InChI is InChI=1S/C44H60N2/c1-3-15-41-33-39(27-29-43(41)45)31-37-23-19-35(20-24-37)17-13-11-9-7-5-6-8-10-12-14-18-36-21-25-38(26-22-36)32-40-28-30-44(46)42(34-40)16-4-2/h19-30,33-34H,3-18,31-32,45-46H2,1-2H3. The average Bonchev–Trinajstić information content (AvgIpc) is 3.06. The molecular weight excluding hydrogens is 556 g/mol. The predicted octanol–water partition coefficient (Wildman–Crippen LogP) is 11.6. The van der Waals surface area contributed by atoms with E-state index < -0.39 is 0 Å². The summed E-state index contributed by atoms with van der Waals surface area (Å²) in [7, 11) is 0. The Morgan fingerprint density at radius 3 is 1.00 bits per heavy atom. The van der Waals surface area contributed by atoms with Crippen molar-refractivity contribution in [1.29, 1.82) is 0 Å². The molecule has 0 bridgehead atoms. The van der Waals surface area contributed by atoms with Crippen LogP contribution in [0.15, 0.2) is 84.9 Å². The number of rotatable bonds is 21. The molecule has 0 saturated heterocycles. The van der Waals surface area contributed by atoms with Gasteiger partial charge in [0.05, 0.1) is 0 Å². The second kappa shape index (κ2) is 19.9. The Kier molecular flexibility index (Phi) is 15.3. The Hall–Kier alpha value is -3.52. The van der Waals surface area contributed by atoms with Crippen LogP contribution >= 0.6 is 0 Å². The molecular formula is C44H60N2. The van der Waals surface area contributed by atoms with Gasteiger partial charge in [-0.05, 0) is 108 Å². The van der Waals surface area contributed by atoms with Crippen molar-refractivity contribution >= 4 is 11.4 Å². The van der Waals surface area contributed by atoms with Crippen LogP contribution in [0.5, 0.6) is 0 Å². The molecule has 2 heteroatoms. The van der Waals surface area contributed by atoms with E-state index in [9.17, 15) is 0 Å². The molecule has 0 atom stereocenters. The number of nitrogen functional groups attached to an aromatic ring is 2. The lowest BCUT2D eigenvalue weighted by Crippen LogP contribution is -1.97. The van der Waals surface area contributed by atoms with Gasteiger partial charge in [0.1, 0.15) is 0 Å². The zero-order valence-corrected chi connectivity index (χ0v) is 29.0. The van der Waals surface area contributed by atoms with Crippen molar-refractivity contribution in [3.8, 4) is 0 Å². The maximum Gasteiger partial charge on any atom is 0.0346 e. The molecule has 0 aromatic heterocycles. The highest BCUT2D eigenvalue weighted by atomic mass is 14.6. The van der Waals surface area contributed by atoms with E-state index in [2.05, 4.69) is 98.8 Å². The normalized spacial score (nSPS) is 11.3. The van der Waals surface area contributed by atoms with E-state index in [1.165, 1.54) is 122 Å².